The Morgan fingerprint density at radius 3 is 2.88 bits per heavy atom. The fraction of sp³-hybridized carbons (Fsp3) is 0.357. The lowest BCUT2D eigenvalue weighted by atomic mass is 10.3. The molecule has 0 amide bonds. The highest BCUT2D eigenvalue weighted by atomic mass is 32.2. The third kappa shape index (κ3) is 2.85. The summed E-state index contributed by atoms with van der Waals surface area (Å²) in [5.74, 6) is 0. The Hall–Kier alpha value is -1.78. The van der Waals surface area contributed by atoms with Crippen LogP contribution < -0.4 is 10.4 Å². The van der Waals surface area contributed by atoms with E-state index in [0.717, 1.165) is 17.7 Å². The third-order valence-electron chi connectivity index (χ3n) is 3.88. The third-order valence-corrected chi connectivity index (χ3v) is 5.88. The van der Waals surface area contributed by atoms with Crippen molar-refractivity contribution in [3.8, 4) is 5.13 Å². The molecule has 3 aromatic rings. The molecule has 2 heterocycles. The SMILES string of the molecule is CC1(NSc2ccc3[nH]c(=O)n(-c4nnc(C(F)F)s4)c3c2)CC1. The fourth-order valence-corrected chi connectivity index (χ4v) is 3.80. The minimum atomic E-state index is -2.70. The van der Waals surface area contributed by atoms with Gasteiger partial charge in [0.25, 0.3) is 6.43 Å². The molecule has 0 bridgehead atoms. The number of nitrogens with zero attached hydrogens (tertiary/aromatic N) is 3. The molecular formula is C14H13F2N5OS2. The van der Waals surface area contributed by atoms with E-state index in [1.165, 1.54) is 16.5 Å². The van der Waals surface area contributed by atoms with Gasteiger partial charge in [-0.2, -0.15) is 0 Å². The maximum Gasteiger partial charge on any atom is 0.332 e. The minimum Gasteiger partial charge on any atom is -0.305 e. The molecule has 1 saturated carbocycles. The van der Waals surface area contributed by atoms with Crippen molar-refractivity contribution >= 4 is 34.3 Å². The molecule has 2 N–H and O–H groups in total. The topological polar surface area (TPSA) is 75.6 Å². The van der Waals surface area contributed by atoms with Crippen LogP contribution in [-0.4, -0.2) is 25.3 Å². The van der Waals surface area contributed by atoms with Gasteiger partial charge >= 0.3 is 5.69 Å². The summed E-state index contributed by atoms with van der Waals surface area (Å²) >= 11 is 2.21. The van der Waals surface area contributed by atoms with E-state index < -0.39 is 17.1 Å². The van der Waals surface area contributed by atoms with Crippen LogP contribution in [-0.2, 0) is 0 Å². The Morgan fingerprint density at radius 1 is 1.42 bits per heavy atom. The molecule has 2 aromatic heterocycles. The zero-order valence-electron chi connectivity index (χ0n) is 12.5. The first-order valence-electron chi connectivity index (χ1n) is 7.26. The Balaban J connectivity index is 1.73. The van der Waals surface area contributed by atoms with Gasteiger partial charge in [-0.25, -0.2) is 18.1 Å². The van der Waals surface area contributed by atoms with Crippen molar-refractivity contribution in [1.29, 1.82) is 0 Å². The van der Waals surface area contributed by atoms with Crippen LogP contribution >= 0.6 is 23.3 Å². The van der Waals surface area contributed by atoms with E-state index in [4.69, 9.17) is 0 Å². The number of H-pyrrole nitrogens is 1. The van der Waals surface area contributed by atoms with Crippen LogP contribution in [0, 0.1) is 0 Å². The number of fused-ring (bicyclic) bond motifs is 1. The molecule has 0 spiro atoms. The predicted octanol–water partition coefficient (Wildman–Crippen LogP) is 3.26. The Kier molecular flexibility index (Phi) is 3.70. The number of halogens is 2. The number of imidazole rings is 1. The summed E-state index contributed by atoms with van der Waals surface area (Å²) in [4.78, 5) is 15.8. The first-order valence-corrected chi connectivity index (χ1v) is 8.89. The molecule has 0 radical (unpaired) electrons. The molecule has 10 heteroatoms. The average Bonchev–Trinajstić information content (AvgIpc) is 2.97. The monoisotopic (exact) mass is 369 g/mol. The minimum absolute atomic E-state index is 0.130. The molecule has 24 heavy (non-hydrogen) atoms. The van der Waals surface area contributed by atoms with Gasteiger partial charge in [-0.3, -0.25) is 4.72 Å². The summed E-state index contributed by atoms with van der Waals surface area (Å²) in [5.41, 5.74) is 0.953. The lowest BCUT2D eigenvalue weighted by Gasteiger charge is -2.10. The van der Waals surface area contributed by atoms with E-state index in [-0.39, 0.29) is 10.7 Å². The zero-order valence-corrected chi connectivity index (χ0v) is 14.2. The molecular weight excluding hydrogens is 356 g/mol. The second kappa shape index (κ2) is 5.64. The van der Waals surface area contributed by atoms with Crippen molar-refractivity contribution in [3.63, 3.8) is 0 Å². The zero-order chi connectivity index (χ0) is 16.9. The number of alkyl halides is 2. The van der Waals surface area contributed by atoms with Gasteiger partial charge in [0.05, 0.1) is 11.0 Å². The highest BCUT2D eigenvalue weighted by Gasteiger charge is 2.37. The van der Waals surface area contributed by atoms with Gasteiger partial charge in [0.1, 0.15) is 0 Å². The smallest absolute Gasteiger partial charge is 0.305 e. The molecule has 126 valence electrons. The number of hydrogen-bond acceptors (Lipinski definition) is 6. The molecule has 0 unspecified atom stereocenters. The summed E-state index contributed by atoms with van der Waals surface area (Å²) < 4.78 is 30.1. The van der Waals surface area contributed by atoms with Gasteiger partial charge < -0.3 is 4.98 Å². The number of benzene rings is 1. The van der Waals surface area contributed by atoms with Crippen molar-refractivity contribution in [2.24, 2.45) is 0 Å². The van der Waals surface area contributed by atoms with E-state index in [2.05, 4.69) is 26.8 Å². The summed E-state index contributed by atoms with van der Waals surface area (Å²) in [6.45, 7) is 2.15. The summed E-state index contributed by atoms with van der Waals surface area (Å²) in [7, 11) is 0. The van der Waals surface area contributed by atoms with Crippen LogP contribution in [0.15, 0.2) is 27.9 Å². The molecule has 4 rings (SSSR count). The fourth-order valence-electron chi connectivity index (χ4n) is 2.21. The second-order valence-corrected chi connectivity index (χ2v) is 7.80. The van der Waals surface area contributed by atoms with E-state index in [1.807, 2.05) is 12.1 Å². The summed E-state index contributed by atoms with van der Waals surface area (Å²) in [6.07, 6.45) is -0.428. The van der Waals surface area contributed by atoms with Gasteiger partial charge in [0, 0.05) is 10.4 Å². The largest absolute Gasteiger partial charge is 0.332 e. The van der Waals surface area contributed by atoms with Gasteiger partial charge in [0.2, 0.25) is 5.13 Å². The summed E-state index contributed by atoms with van der Waals surface area (Å²) in [6, 6.07) is 5.53. The van der Waals surface area contributed by atoms with Crippen molar-refractivity contribution < 1.29 is 8.78 Å². The summed E-state index contributed by atoms with van der Waals surface area (Å²) in [5, 5.41) is 6.90. The molecule has 1 aliphatic carbocycles. The van der Waals surface area contributed by atoms with E-state index in [1.54, 1.807) is 6.07 Å². The van der Waals surface area contributed by atoms with Gasteiger partial charge in [-0.05, 0) is 49.9 Å². The Bertz CT molecular complexity index is 960. The van der Waals surface area contributed by atoms with Gasteiger partial charge in [-0.1, -0.05) is 11.3 Å². The molecule has 0 saturated heterocycles. The molecule has 0 atom stereocenters. The number of rotatable bonds is 5. The molecule has 1 fully saturated rings. The molecule has 0 aliphatic heterocycles. The van der Waals surface area contributed by atoms with Crippen LogP contribution in [0.3, 0.4) is 0 Å². The van der Waals surface area contributed by atoms with Crippen LogP contribution in [0.2, 0.25) is 0 Å². The second-order valence-electron chi connectivity index (χ2n) is 5.93. The van der Waals surface area contributed by atoms with Crippen LogP contribution in [0.5, 0.6) is 0 Å². The Morgan fingerprint density at radius 2 is 2.21 bits per heavy atom. The van der Waals surface area contributed by atoms with Crippen molar-refractivity contribution in [2.45, 2.75) is 36.6 Å². The standard InChI is InChI=1S/C14H13F2N5OS2/c1-14(4-5-14)20-24-7-2-3-8-9(6-7)21(12(22)17-8)13-19-18-11(23-13)10(15)16/h2-3,6,10,20H,4-5H2,1H3,(H,17,22). The first kappa shape index (κ1) is 15.7. The normalized spacial score (nSPS) is 16.2. The van der Waals surface area contributed by atoms with E-state index in [0.29, 0.717) is 22.4 Å². The Labute approximate surface area is 143 Å². The van der Waals surface area contributed by atoms with Gasteiger partial charge in [-0.15, -0.1) is 10.2 Å². The lowest BCUT2D eigenvalue weighted by Crippen LogP contribution is -2.19. The number of hydrogen-bond donors (Lipinski definition) is 2. The number of nitrogens with one attached hydrogen (secondary N) is 2. The van der Waals surface area contributed by atoms with Crippen LogP contribution in [0.25, 0.3) is 16.2 Å². The van der Waals surface area contributed by atoms with E-state index >= 15 is 0 Å². The maximum absolute atomic E-state index is 12.7. The van der Waals surface area contributed by atoms with Crippen LogP contribution in [0.4, 0.5) is 8.78 Å². The van der Waals surface area contributed by atoms with Crippen molar-refractivity contribution in [3.05, 3.63) is 33.7 Å². The maximum atomic E-state index is 12.7. The lowest BCUT2D eigenvalue weighted by molar-refractivity contribution is 0.150. The van der Waals surface area contributed by atoms with Crippen molar-refractivity contribution in [1.82, 2.24) is 24.5 Å². The highest BCUT2D eigenvalue weighted by Crippen LogP contribution is 2.37. The number of aromatic amines is 1. The molecule has 1 aliphatic rings. The molecule has 6 nitrogen and oxygen atoms in total. The molecule has 1 aromatic carbocycles. The van der Waals surface area contributed by atoms with Gasteiger partial charge in [0.15, 0.2) is 5.01 Å². The van der Waals surface area contributed by atoms with E-state index in [9.17, 15) is 13.6 Å². The van der Waals surface area contributed by atoms with Crippen molar-refractivity contribution in [2.75, 3.05) is 0 Å². The highest BCUT2D eigenvalue weighted by molar-refractivity contribution is 7.97. The number of aromatic nitrogens is 4. The predicted molar refractivity (Wildman–Crippen MR) is 89.0 cm³/mol. The average molecular weight is 369 g/mol. The quantitative estimate of drug-likeness (QED) is 0.675. The first-order chi connectivity index (χ1) is 11.5. The van der Waals surface area contributed by atoms with Crippen LogP contribution in [0.1, 0.15) is 31.2 Å².